The van der Waals surface area contributed by atoms with Gasteiger partial charge in [0.25, 0.3) is 0 Å². The molecule has 0 bridgehead atoms. The van der Waals surface area contributed by atoms with Crippen molar-refractivity contribution in [3.05, 3.63) is 71.8 Å². The fraction of sp³-hybridized carbons (Fsp3) is 0.158. The van der Waals surface area contributed by atoms with Gasteiger partial charge in [-0.25, -0.2) is 9.18 Å². The van der Waals surface area contributed by atoms with Gasteiger partial charge in [-0.1, -0.05) is 30.3 Å². The molecule has 2 aromatic carbocycles. The SMILES string of the molecule is CC(Oc1ccncc1Cc1ccc(F)c2ccccc12)C(=O)O. The summed E-state index contributed by atoms with van der Waals surface area (Å²) in [6.07, 6.45) is 2.70. The first-order valence-electron chi connectivity index (χ1n) is 7.54. The number of ether oxygens (including phenoxy) is 1. The largest absolute Gasteiger partial charge is 0.479 e. The van der Waals surface area contributed by atoms with E-state index in [1.807, 2.05) is 12.1 Å². The van der Waals surface area contributed by atoms with Crippen molar-refractivity contribution in [2.24, 2.45) is 0 Å². The fourth-order valence-electron chi connectivity index (χ4n) is 2.59. The number of nitrogens with zero attached hydrogens (tertiary/aromatic N) is 1. The maximum atomic E-state index is 13.9. The summed E-state index contributed by atoms with van der Waals surface area (Å²) < 4.78 is 19.4. The third-order valence-corrected chi connectivity index (χ3v) is 3.85. The van der Waals surface area contributed by atoms with Crippen LogP contribution in [0, 0.1) is 5.82 Å². The third-order valence-electron chi connectivity index (χ3n) is 3.85. The van der Waals surface area contributed by atoms with Crippen molar-refractivity contribution in [3.8, 4) is 5.75 Å². The second-order valence-corrected chi connectivity index (χ2v) is 5.51. The smallest absolute Gasteiger partial charge is 0.344 e. The van der Waals surface area contributed by atoms with Crippen molar-refractivity contribution < 1.29 is 19.0 Å². The Kier molecular flexibility index (Phi) is 4.42. The van der Waals surface area contributed by atoms with Gasteiger partial charge >= 0.3 is 5.97 Å². The van der Waals surface area contributed by atoms with Crippen LogP contribution in [0.4, 0.5) is 4.39 Å². The molecule has 1 unspecified atom stereocenters. The van der Waals surface area contributed by atoms with Gasteiger partial charge in [-0.15, -0.1) is 0 Å². The number of hydrogen-bond donors (Lipinski definition) is 1. The Morgan fingerprint density at radius 1 is 1.17 bits per heavy atom. The number of carboxylic acids is 1. The van der Waals surface area contributed by atoms with E-state index in [2.05, 4.69) is 4.98 Å². The minimum atomic E-state index is -1.04. The van der Waals surface area contributed by atoms with E-state index in [9.17, 15) is 9.18 Å². The lowest BCUT2D eigenvalue weighted by atomic mass is 9.98. The predicted molar refractivity (Wildman–Crippen MR) is 88.7 cm³/mol. The molecule has 24 heavy (non-hydrogen) atoms. The van der Waals surface area contributed by atoms with Crippen molar-refractivity contribution >= 4 is 16.7 Å². The highest BCUT2D eigenvalue weighted by Crippen LogP contribution is 2.27. The highest BCUT2D eigenvalue weighted by molar-refractivity contribution is 5.86. The van der Waals surface area contributed by atoms with E-state index in [-0.39, 0.29) is 5.82 Å². The lowest BCUT2D eigenvalue weighted by Crippen LogP contribution is -2.23. The van der Waals surface area contributed by atoms with Gasteiger partial charge in [0.05, 0.1) is 0 Å². The minimum absolute atomic E-state index is 0.267. The topological polar surface area (TPSA) is 59.4 Å². The van der Waals surface area contributed by atoms with Crippen LogP contribution in [0.15, 0.2) is 54.9 Å². The van der Waals surface area contributed by atoms with Gasteiger partial charge < -0.3 is 9.84 Å². The summed E-state index contributed by atoms with van der Waals surface area (Å²) in [6, 6.07) is 12.1. The molecule has 0 saturated heterocycles. The molecule has 1 atom stereocenters. The number of fused-ring (bicyclic) bond motifs is 1. The Balaban J connectivity index is 1.98. The first-order chi connectivity index (χ1) is 11.6. The Hall–Kier alpha value is -2.95. The van der Waals surface area contributed by atoms with Crippen molar-refractivity contribution in [1.29, 1.82) is 0 Å². The fourth-order valence-corrected chi connectivity index (χ4v) is 2.59. The molecule has 1 N–H and O–H groups in total. The number of carbonyl (C=O) groups is 1. The average molecular weight is 325 g/mol. The number of benzene rings is 2. The molecular weight excluding hydrogens is 309 g/mol. The van der Waals surface area contributed by atoms with Gasteiger partial charge in [-0.2, -0.15) is 0 Å². The van der Waals surface area contributed by atoms with Gasteiger partial charge in [-0.05, 0) is 30.0 Å². The Bertz CT molecular complexity index is 895. The number of aliphatic carboxylic acids is 1. The molecule has 122 valence electrons. The summed E-state index contributed by atoms with van der Waals surface area (Å²) in [4.78, 5) is 15.1. The summed E-state index contributed by atoms with van der Waals surface area (Å²) in [5, 5.41) is 10.4. The Morgan fingerprint density at radius 2 is 1.92 bits per heavy atom. The molecule has 0 aliphatic heterocycles. The molecule has 0 aliphatic carbocycles. The lowest BCUT2D eigenvalue weighted by Gasteiger charge is -2.15. The zero-order valence-corrected chi connectivity index (χ0v) is 13.1. The van der Waals surface area contributed by atoms with E-state index in [0.29, 0.717) is 17.6 Å². The van der Waals surface area contributed by atoms with Crippen LogP contribution in [0.3, 0.4) is 0 Å². The van der Waals surface area contributed by atoms with Gasteiger partial charge in [0, 0.05) is 29.8 Å². The molecule has 0 fully saturated rings. The molecule has 0 radical (unpaired) electrons. The number of hydrogen-bond acceptors (Lipinski definition) is 3. The van der Waals surface area contributed by atoms with Gasteiger partial charge in [-0.3, -0.25) is 4.98 Å². The van der Waals surface area contributed by atoms with Gasteiger partial charge in [0.1, 0.15) is 11.6 Å². The third kappa shape index (κ3) is 3.20. The van der Waals surface area contributed by atoms with Gasteiger partial charge in [0.15, 0.2) is 6.10 Å². The Morgan fingerprint density at radius 3 is 2.67 bits per heavy atom. The number of pyridine rings is 1. The molecule has 0 saturated carbocycles. The minimum Gasteiger partial charge on any atom is -0.479 e. The molecule has 3 rings (SSSR count). The van der Waals surface area contributed by atoms with Crippen LogP contribution in [-0.4, -0.2) is 22.2 Å². The van der Waals surface area contributed by atoms with Crippen LogP contribution in [0.5, 0.6) is 5.75 Å². The quantitative estimate of drug-likeness (QED) is 0.775. The summed E-state index contributed by atoms with van der Waals surface area (Å²) in [6.45, 7) is 1.47. The second kappa shape index (κ2) is 6.66. The molecule has 0 spiro atoms. The molecule has 0 aliphatic rings. The zero-order valence-electron chi connectivity index (χ0n) is 13.1. The first kappa shape index (κ1) is 15.9. The molecule has 1 aromatic heterocycles. The lowest BCUT2D eigenvalue weighted by molar-refractivity contribution is -0.144. The predicted octanol–water partition coefficient (Wildman–Crippen LogP) is 3.82. The summed E-state index contributed by atoms with van der Waals surface area (Å²) in [7, 11) is 0. The van der Waals surface area contributed by atoms with Gasteiger partial charge in [0.2, 0.25) is 0 Å². The molecule has 0 amide bonds. The Labute approximate surface area is 138 Å². The highest BCUT2D eigenvalue weighted by Gasteiger charge is 2.16. The van der Waals surface area contributed by atoms with Crippen molar-refractivity contribution in [2.45, 2.75) is 19.4 Å². The normalized spacial score (nSPS) is 12.1. The van der Waals surface area contributed by atoms with Crippen LogP contribution >= 0.6 is 0 Å². The summed E-state index contributed by atoms with van der Waals surface area (Å²) in [5.41, 5.74) is 1.68. The second-order valence-electron chi connectivity index (χ2n) is 5.51. The maximum absolute atomic E-state index is 13.9. The zero-order chi connectivity index (χ0) is 17.1. The average Bonchev–Trinajstić information content (AvgIpc) is 2.59. The van der Waals surface area contributed by atoms with Crippen molar-refractivity contribution in [1.82, 2.24) is 4.98 Å². The molecule has 3 aromatic rings. The van der Waals surface area contributed by atoms with Crippen molar-refractivity contribution in [2.75, 3.05) is 0 Å². The standard InChI is InChI=1S/C19H16FNO3/c1-12(19(22)23)24-18-8-9-21-11-14(18)10-13-6-7-17(20)16-5-3-2-4-15(13)16/h2-9,11-12H,10H2,1H3,(H,22,23). The number of rotatable bonds is 5. The first-order valence-corrected chi connectivity index (χ1v) is 7.54. The van der Waals surface area contributed by atoms with Crippen LogP contribution in [0.1, 0.15) is 18.1 Å². The number of carboxylic acid groups (broad SMARTS) is 1. The molecule has 4 nitrogen and oxygen atoms in total. The van der Waals surface area contributed by atoms with E-state index < -0.39 is 12.1 Å². The van der Waals surface area contributed by atoms with Crippen LogP contribution in [-0.2, 0) is 11.2 Å². The monoisotopic (exact) mass is 325 g/mol. The van der Waals surface area contributed by atoms with Crippen molar-refractivity contribution in [3.63, 3.8) is 0 Å². The van der Waals surface area contributed by atoms with E-state index >= 15 is 0 Å². The van der Waals surface area contributed by atoms with Crippen LogP contribution in [0.25, 0.3) is 10.8 Å². The van der Waals surface area contributed by atoms with Crippen LogP contribution in [0.2, 0.25) is 0 Å². The highest BCUT2D eigenvalue weighted by atomic mass is 19.1. The molecule has 5 heteroatoms. The van der Waals surface area contributed by atoms with Crippen LogP contribution < -0.4 is 4.74 Å². The molecule has 1 heterocycles. The van der Waals surface area contributed by atoms with E-state index in [1.54, 1.807) is 36.7 Å². The molecular formula is C19H16FNO3. The van der Waals surface area contributed by atoms with E-state index in [0.717, 1.165) is 16.5 Å². The number of halogens is 1. The van der Waals surface area contributed by atoms with E-state index in [4.69, 9.17) is 9.84 Å². The number of aromatic nitrogens is 1. The summed E-state index contributed by atoms with van der Waals surface area (Å²) >= 11 is 0. The summed E-state index contributed by atoms with van der Waals surface area (Å²) in [5.74, 6) is -0.838. The van der Waals surface area contributed by atoms with E-state index in [1.165, 1.54) is 13.0 Å². The maximum Gasteiger partial charge on any atom is 0.344 e.